The van der Waals surface area contributed by atoms with Gasteiger partial charge in [0.1, 0.15) is 0 Å². The van der Waals surface area contributed by atoms with Gasteiger partial charge in [0.2, 0.25) is 5.91 Å². The monoisotopic (exact) mass is 303 g/mol. The molecule has 0 aliphatic carbocycles. The number of piperidine rings is 1. The van der Waals surface area contributed by atoms with Crippen molar-refractivity contribution in [3.8, 4) is 0 Å². The molecule has 2 atom stereocenters. The maximum atomic E-state index is 12.8. The summed E-state index contributed by atoms with van der Waals surface area (Å²) in [6.45, 7) is 6.93. The minimum absolute atomic E-state index is 0.00252. The summed E-state index contributed by atoms with van der Waals surface area (Å²) in [5.41, 5.74) is 0.672. The zero-order valence-corrected chi connectivity index (χ0v) is 13.6. The lowest BCUT2D eigenvalue weighted by Crippen LogP contribution is -2.49. The van der Waals surface area contributed by atoms with Gasteiger partial charge in [-0.1, -0.05) is 51.1 Å². The van der Waals surface area contributed by atoms with Crippen molar-refractivity contribution < 1.29 is 14.7 Å². The number of nitrogens with zero attached hydrogens (tertiary/aromatic N) is 1. The van der Waals surface area contributed by atoms with Crippen LogP contribution in [0.3, 0.4) is 0 Å². The SMILES string of the molecule is CC1CN(C(=O)C(C)(C)Cc2ccccc2)CCC1C(=O)O. The van der Waals surface area contributed by atoms with E-state index in [9.17, 15) is 14.7 Å². The molecule has 1 fully saturated rings. The first-order valence-electron chi connectivity index (χ1n) is 7.87. The van der Waals surface area contributed by atoms with E-state index in [-0.39, 0.29) is 17.7 Å². The van der Waals surface area contributed by atoms with Gasteiger partial charge in [0, 0.05) is 18.5 Å². The molecule has 1 aromatic rings. The van der Waals surface area contributed by atoms with E-state index in [1.54, 1.807) is 0 Å². The Morgan fingerprint density at radius 1 is 1.27 bits per heavy atom. The average molecular weight is 303 g/mol. The van der Waals surface area contributed by atoms with Crippen LogP contribution >= 0.6 is 0 Å². The molecule has 120 valence electrons. The summed E-state index contributed by atoms with van der Waals surface area (Å²) in [6, 6.07) is 10.0. The van der Waals surface area contributed by atoms with E-state index in [1.807, 2.05) is 56.0 Å². The molecule has 1 aliphatic rings. The third-order valence-electron chi connectivity index (χ3n) is 4.58. The van der Waals surface area contributed by atoms with Gasteiger partial charge in [-0.2, -0.15) is 0 Å². The molecule has 4 nitrogen and oxygen atoms in total. The zero-order valence-electron chi connectivity index (χ0n) is 13.6. The molecule has 0 saturated carbocycles. The highest BCUT2D eigenvalue weighted by molar-refractivity contribution is 5.82. The van der Waals surface area contributed by atoms with E-state index in [4.69, 9.17) is 0 Å². The minimum Gasteiger partial charge on any atom is -0.481 e. The molecule has 4 heteroatoms. The fourth-order valence-corrected chi connectivity index (χ4v) is 3.31. The fourth-order valence-electron chi connectivity index (χ4n) is 3.31. The van der Waals surface area contributed by atoms with Gasteiger partial charge in [-0.25, -0.2) is 0 Å². The molecular formula is C18H25NO3. The summed E-state index contributed by atoms with van der Waals surface area (Å²) in [5, 5.41) is 9.18. The minimum atomic E-state index is -0.747. The predicted molar refractivity (Wildman–Crippen MR) is 85.4 cm³/mol. The Hall–Kier alpha value is -1.84. The van der Waals surface area contributed by atoms with Crippen LogP contribution in [0, 0.1) is 17.3 Å². The molecule has 1 aliphatic heterocycles. The van der Waals surface area contributed by atoms with Gasteiger partial charge in [0.15, 0.2) is 0 Å². The Morgan fingerprint density at radius 3 is 2.45 bits per heavy atom. The number of rotatable bonds is 4. The third kappa shape index (κ3) is 3.67. The summed E-state index contributed by atoms with van der Waals surface area (Å²) in [6.07, 6.45) is 1.24. The molecule has 2 rings (SSSR count). The van der Waals surface area contributed by atoms with Gasteiger partial charge in [-0.15, -0.1) is 0 Å². The normalized spacial score (nSPS) is 22.4. The second-order valence-corrected chi connectivity index (χ2v) is 7.01. The number of likely N-dealkylation sites (tertiary alicyclic amines) is 1. The second-order valence-electron chi connectivity index (χ2n) is 7.01. The van der Waals surface area contributed by atoms with Crippen LogP contribution in [-0.4, -0.2) is 35.0 Å². The number of carboxylic acids is 1. The van der Waals surface area contributed by atoms with E-state index >= 15 is 0 Å². The van der Waals surface area contributed by atoms with Crippen molar-refractivity contribution in [1.82, 2.24) is 4.90 Å². The molecule has 1 saturated heterocycles. The maximum absolute atomic E-state index is 12.8. The quantitative estimate of drug-likeness (QED) is 0.930. The van der Waals surface area contributed by atoms with Gasteiger partial charge < -0.3 is 10.0 Å². The summed E-state index contributed by atoms with van der Waals surface area (Å²) >= 11 is 0. The van der Waals surface area contributed by atoms with Crippen LogP contribution in [0.1, 0.15) is 32.8 Å². The number of aliphatic carboxylic acids is 1. The van der Waals surface area contributed by atoms with E-state index in [1.165, 1.54) is 0 Å². The molecule has 22 heavy (non-hydrogen) atoms. The lowest BCUT2D eigenvalue weighted by molar-refractivity contribution is -0.151. The van der Waals surface area contributed by atoms with Crippen molar-refractivity contribution in [3.63, 3.8) is 0 Å². The third-order valence-corrected chi connectivity index (χ3v) is 4.58. The maximum Gasteiger partial charge on any atom is 0.306 e. The van der Waals surface area contributed by atoms with Crippen molar-refractivity contribution >= 4 is 11.9 Å². The van der Waals surface area contributed by atoms with Crippen LogP contribution in [0.15, 0.2) is 30.3 Å². The van der Waals surface area contributed by atoms with Crippen LogP contribution < -0.4 is 0 Å². The molecule has 2 unspecified atom stereocenters. The van der Waals surface area contributed by atoms with Crippen LogP contribution in [0.4, 0.5) is 0 Å². The van der Waals surface area contributed by atoms with E-state index in [0.717, 1.165) is 5.56 Å². The van der Waals surface area contributed by atoms with Gasteiger partial charge in [0.05, 0.1) is 5.92 Å². The van der Waals surface area contributed by atoms with Gasteiger partial charge in [-0.3, -0.25) is 9.59 Å². The lowest BCUT2D eigenvalue weighted by atomic mass is 9.81. The van der Waals surface area contributed by atoms with Crippen molar-refractivity contribution in [2.75, 3.05) is 13.1 Å². The highest BCUT2D eigenvalue weighted by atomic mass is 16.4. The summed E-state index contributed by atoms with van der Waals surface area (Å²) in [7, 11) is 0. The molecule has 0 spiro atoms. The highest BCUT2D eigenvalue weighted by Gasteiger charge is 2.38. The van der Waals surface area contributed by atoms with Crippen LogP contribution in [0.2, 0.25) is 0 Å². The van der Waals surface area contributed by atoms with Crippen molar-refractivity contribution in [2.24, 2.45) is 17.3 Å². The Morgan fingerprint density at radius 2 is 1.91 bits per heavy atom. The molecule has 1 N–H and O–H groups in total. The summed E-state index contributed by atoms with van der Waals surface area (Å²) in [5.74, 6) is -0.959. The first kappa shape index (κ1) is 16.5. The fraction of sp³-hybridized carbons (Fsp3) is 0.556. The van der Waals surface area contributed by atoms with E-state index < -0.39 is 11.4 Å². The average Bonchev–Trinajstić information content (AvgIpc) is 2.46. The van der Waals surface area contributed by atoms with Crippen LogP contribution in [-0.2, 0) is 16.0 Å². The molecule has 1 heterocycles. The Labute approximate surface area is 132 Å². The van der Waals surface area contributed by atoms with Crippen molar-refractivity contribution in [1.29, 1.82) is 0 Å². The number of hydrogen-bond acceptors (Lipinski definition) is 2. The Kier molecular flexibility index (Phi) is 4.89. The number of amides is 1. The van der Waals surface area contributed by atoms with Gasteiger partial charge in [0.25, 0.3) is 0 Å². The first-order chi connectivity index (χ1) is 10.3. The molecule has 0 bridgehead atoms. The Bertz CT molecular complexity index is 539. The van der Waals surface area contributed by atoms with E-state index in [0.29, 0.717) is 25.9 Å². The van der Waals surface area contributed by atoms with Gasteiger partial charge >= 0.3 is 5.97 Å². The highest BCUT2D eigenvalue weighted by Crippen LogP contribution is 2.29. The predicted octanol–water partition coefficient (Wildman–Crippen LogP) is 2.82. The summed E-state index contributed by atoms with van der Waals surface area (Å²) < 4.78 is 0. The largest absolute Gasteiger partial charge is 0.481 e. The molecular weight excluding hydrogens is 278 g/mol. The molecule has 1 aromatic carbocycles. The molecule has 0 radical (unpaired) electrons. The smallest absolute Gasteiger partial charge is 0.306 e. The zero-order chi connectivity index (χ0) is 16.3. The molecule has 0 aromatic heterocycles. The van der Waals surface area contributed by atoms with Crippen molar-refractivity contribution in [3.05, 3.63) is 35.9 Å². The van der Waals surface area contributed by atoms with Crippen molar-refractivity contribution in [2.45, 2.75) is 33.6 Å². The number of hydrogen-bond donors (Lipinski definition) is 1. The lowest BCUT2D eigenvalue weighted by Gasteiger charge is -2.39. The number of carbonyl (C=O) groups excluding carboxylic acids is 1. The Balaban J connectivity index is 2.03. The first-order valence-corrected chi connectivity index (χ1v) is 7.87. The topological polar surface area (TPSA) is 57.6 Å². The summed E-state index contributed by atoms with van der Waals surface area (Å²) in [4.78, 5) is 25.8. The second kappa shape index (κ2) is 6.51. The number of benzene rings is 1. The van der Waals surface area contributed by atoms with E-state index in [2.05, 4.69) is 0 Å². The van der Waals surface area contributed by atoms with Crippen LogP contribution in [0.25, 0.3) is 0 Å². The number of carboxylic acid groups (broad SMARTS) is 1. The number of carbonyl (C=O) groups is 2. The molecule has 1 amide bonds. The van der Waals surface area contributed by atoms with Gasteiger partial charge in [-0.05, 0) is 24.3 Å². The van der Waals surface area contributed by atoms with Crippen LogP contribution in [0.5, 0.6) is 0 Å². The standard InChI is InChI=1S/C18H25NO3/c1-13-12-19(10-9-15(13)16(20)21)17(22)18(2,3)11-14-7-5-4-6-8-14/h4-8,13,15H,9-12H2,1-3H3,(H,20,21).